The van der Waals surface area contributed by atoms with E-state index in [0.717, 1.165) is 5.56 Å². The van der Waals surface area contributed by atoms with Gasteiger partial charge in [0, 0.05) is 13.1 Å². The molecule has 1 aromatic carbocycles. The van der Waals surface area contributed by atoms with E-state index in [4.69, 9.17) is 4.74 Å². The van der Waals surface area contributed by atoms with Gasteiger partial charge in [-0.1, -0.05) is 36.9 Å². The molecule has 1 atom stereocenters. The van der Waals surface area contributed by atoms with E-state index in [2.05, 4.69) is 6.58 Å². The Bertz CT molecular complexity index is 540. The van der Waals surface area contributed by atoms with Gasteiger partial charge < -0.3 is 14.7 Å². The van der Waals surface area contributed by atoms with Gasteiger partial charge in [0.1, 0.15) is 12.0 Å². The van der Waals surface area contributed by atoms with Gasteiger partial charge in [0.15, 0.2) is 0 Å². The molecule has 1 saturated heterocycles. The molecule has 1 aliphatic heterocycles. The average Bonchev–Trinajstić information content (AvgIpc) is 2.75. The molecule has 1 N–H and O–H groups in total. The summed E-state index contributed by atoms with van der Waals surface area (Å²) in [4.78, 5) is 24.6. The number of likely N-dealkylation sites (tertiary alicyclic amines) is 1. The molecule has 20 heavy (non-hydrogen) atoms. The average molecular weight is 275 g/mol. The fraction of sp³-hybridized carbons (Fsp3) is 0.333. The van der Waals surface area contributed by atoms with Crippen LogP contribution in [0, 0.1) is 5.41 Å². The molecule has 0 unspecified atom stereocenters. The van der Waals surface area contributed by atoms with Crippen LogP contribution in [0.1, 0.15) is 12.5 Å². The molecule has 0 saturated carbocycles. The molecule has 1 heterocycles. The van der Waals surface area contributed by atoms with Crippen molar-refractivity contribution in [3.05, 3.63) is 48.0 Å². The number of rotatable bonds is 3. The topological polar surface area (TPSA) is 66.8 Å². The van der Waals surface area contributed by atoms with E-state index in [1.54, 1.807) is 6.92 Å². The summed E-state index contributed by atoms with van der Waals surface area (Å²) >= 11 is 0. The number of carbonyl (C=O) groups is 2. The lowest BCUT2D eigenvalue weighted by molar-refractivity contribution is -0.145. The zero-order chi connectivity index (χ0) is 14.8. The third-order valence-corrected chi connectivity index (χ3v) is 3.60. The number of ether oxygens (including phenoxy) is 1. The van der Waals surface area contributed by atoms with Crippen molar-refractivity contribution >= 4 is 12.1 Å². The van der Waals surface area contributed by atoms with Gasteiger partial charge in [0.25, 0.3) is 0 Å². The Morgan fingerprint density at radius 3 is 2.60 bits per heavy atom. The van der Waals surface area contributed by atoms with Crippen LogP contribution in [0.3, 0.4) is 0 Å². The highest BCUT2D eigenvalue weighted by Gasteiger charge is 2.45. The lowest BCUT2D eigenvalue weighted by atomic mass is 9.86. The van der Waals surface area contributed by atoms with Crippen molar-refractivity contribution in [3.63, 3.8) is 0 Å². The minimum Gasteiger partial charge on any atom is -0.481 e. The van der Waals surface area contributed by atoms with Crippen LogP contribution >= 0.6 is 0 Å². The predicted molar refractivity (Wildman–Crippen MR) is 73.1 cm³/mol. The lowest BCUT2D eigenvalue weighted by Gasteiger charge is -2.19. The predicted octanol–water partition coefficient (Wildman–Crippen LogP) is 2.29. The van der Waals surface area contributed by atoms with Crippen molar-refractivity contribution < 1.29 is 19.4 Å². The Morgan fingerprint density at radius 2 is 2.05 bits per heavy atom. The fourth-order valence-corrected chi connectivity index (χ4v) is 2.11. The number of benzene rings is 1. The van der Waals surface area contributed by atoms with Crippen molar-refractivity contribution in [2.75, 3.05) is 13.1 Å². The Labute approximate surface area is 117 Å². The Balaban J connectivity index is 1.95. The maximum absolute atomic E-state index is 11.9. The molecule has 0 aliphatic carbocycles. The third kappa shape index (κ3) is 2.66. The number of carbonyl (C=O) groups excluding carboxylic acids is 1. The normalized spacial score (nSPS) is 21.9. The SMILES string of the molecule is C=C1CN(C(=O)OCc2ccccc2)C[C@@]1(C)C(=O)O. The second-order valence-electron chi connectivity index (χ2n) is 5.14. The number of hydrogen-bond acceptors (Lipinski definition) is 3. The largest absolute Gasteiger partial charge is 0.481 e. The first-order chi connectivity index (χ1) is 9.43. The first-order valence-electron chi connectivity index (χ1n) is 6.31. The molecule has 2 rings (SSSR count). The van der Waals surface area contributed by atoms with Crippen molar-refractivity contribution in [2.24, 2.45) is 5.41 Å². The number of carboxylic acids is 1. The van der Waals surface area contributed by atoms with Gasteiger partial charge in [-0.2, -0.15) is 0 Å². The molecule has 5 nitrogen and oxygen atoms in total. The quantitative estimate of drug-likeness (QED) is 0.859. The minimum absolute atomic E-state index is 0.0921. The summed E-state index contributed by atoms with van der Waals surface area (Å²) in [5.74, 6) is -0.971. The summed E-state index contributed by atoms with van der Waals surface area (Å²) < 4.78 is 5.19. The highest BCUT2D eigenvalue weighted by atomic mass is 16.6. The van der Waals surface area contributed by atoms with Gasteiger partial charge in [-0.05, 0) is 18.1 Å². The van der Waals surface area contributed by atoms with Crippen molar-refractivity contribution in [1.29, 1.82) is 0 Å². The molecule has 0 bridgehead atoms. The maximum atomic E-state index is 11.9. The molecule has 0 radical (unpaired) electrons. The summed E-state index contributed by atoms with van der Waals surface area (Å²) in [6, 6.07) is 9.33. The van der Waals surface area contributed by atoms with Gasteiger partial charge in [-0.15, -0.1) is 0 Å². The van der Waals surface area contributed by atoms with Crippen LogP contribution in [0.4, 0.5) is 4.79 Å². The van der Waals surface area contributed by atoms with Crippen molar-refractivity contribution in [3.8, 4) is 0 Å². The van der Waals surface area contributed by atoms with Crippen LogP contribution in [0.25, 0.3) is 0 Å². The Hall–Kier alpha value is -2.30. The highest BCUT2D eigenvalue weighted by Crippen LogP contribution is 2.34. The van der Waals surface area contributed by atoms with Crippen LogP contribution in [0.15, 0.2) is 42.5 Å². The van der Waals surface area contributed by atoms with Crippen LogP contribution in [-0.4, -0.2) is 35.2 Å². The van der Waals surface area contributed by atoms with Crippen LogP contribution in [0.2, 0.25) is 0 Å². The van der Waals surface area contributed by atoms with Gasteiger partial charge in [-0.25, -0.2) is 4.79 Å². The number of amides is 1. The summed E-state index contributed by atoms with van der Waals surface area (Å²) in [6.45, 7) is 5.80. The van der Waals surface area contributed by atoms with Gasteiger partial charge >= 0.3 is 12.1 Å². The number of carboxylic acid groups (broad SMARTS) is 1. The summed E-state index contributed by atoms with van der Waals surface area (Å²) in [7, 11) is 0. The highest BCUT2D eigenvalue weighted by molar-refractivity contribution is 5.81. The lowest BCUT2D eigenvalue weighted by Crippen LogP contribution is -2.35. The van der Waals surface area contributed by atoms with E-state index < -0.39 is 17.5 Å². The second kappa shape index (κ2) is 5.36. The number of hydrogen-bond donors (Lipinski definition) is 1. The molecule has 5 heteroatoms. The Morgan fingerprint density at radius 1 is 1.40 bits per heavy atom. The third-order valence-electron chi connectivity index (χ3n) is 3.60. The summed E-state index contributed by atoms with van der Waals surface area (Å²) in [5.41, 5.74) is 0.313. The van der Waals surface area contributed by atoms with E-state index in [1.165, 1.54) is 4.90 Å². The van der Waals surface area contributed by atoms with E-state index in [-0.39, 0.29) is 19.7 Å². The molecule has 0 spiro atoms. The molecule has 1 aromatic rings. The van der Waals surface area contributed by atoms with Crippen molar-refractivity contribution in [1.82, 2.24) is 4.90 Å². The zero-order valence-corrected chi connectivity index (χ0v) is 11.3. The van der Waals surface area contributed by atoms with Crippen LogP contribution in [-0.2, 0) is 16.1 Å². The molecule has 106 valence electrons. The molecule has 1 amide bonds. The molecule has 0 aromatic heterocycles. The first kappa shape index (κ1) is 14.1. The van der Waals surface area contributed by atoms with E-state index in [9.17, 15) is 14.7 Å². The zero-order valence-electron chi connectivity index (χ0n) is 11.3. The van der Waals surface area contributed by atoms with E-state index in [1.807, 2.05) is 30.3 Å². The number of nitrogens with zero attached hydrogens (tertiary/aromatic N) is 1. The fourth-order valence-electron chi connectivity index (χ4n) is 2.11. The Kier molecular flexibility index (Phi) is 3.79. The summed E-state index contributed by atoms with van der Waals surface area (Å²) in [6.07, 6.45) is -0.514. The second-order valence-corrected chi connectivity index (χ2v) is 5.14. The maximum Gasteiger partial charge on any atom is 0.410 e. The van der Waals surface area contributed by atoms with Gasteiger partial charge in [0.2, 0.25) is 0 Å². The van der Waals surface area contributed by atoms with Crippen LogP contribution in [0.5, 0.6) is 0 Å². The first-order valence-corrected chi connectivity index (χ1v) is 6.31. The van der Waals surface area contributed by atoms with E-state index in [0.29, 0.717) is 5.57 Å². The molecule has 1 aliphatic rings. The van der Waals surface area contributed by atoms with Gasteiger partial charge in [-0.3, -0.25) is 4.79 Å². The number of aliphatic carboxylic acids is 1. The van der Waals surface area contributed by atoms with Crippen LogP contribution < -0.4 is 0 Å². The molecule has 1 fully saturated rings. The molecular weight excluding hydrogens is 258 g/mol. The smallest absolute Gasteiger partial charge is 0.410 e. The van der Waals surface area contributed by atoms with Crippen molar-refractivity contribution in [2.45, 2.75) is 13.5 Å². The van der Waals surface area contributed by atoms with E-state index >= 15 is 0 Å². The molecular formula is C15H17NO4. The standard InChI is InChI=1S/C15H17NO4/c1-11-8-16(10-15(11,2)13(17)18)14(19)20-9-12-6-4-3-5-7-12/h3-7H,1,8-10H2,2H3,(H,17,18)/t15-/m1/s1. The van der Waals surface area contributed by atoms with Gasteiger partial charge in [0.05, 0.1) is 0 Å². The monoisotopic (exact) mass is 275 g/mol. The summed E-state index contributed by atoms with van der Waals surface area (Å²) in [5, 5.41) is 9.21. The minimum atomic E-state index is -1.09.